The Morgan fingerprint density at radius 2 is 1.33 bits per heavy atom. The minimum atomic E-state index is -0.641. The van der Waals surface area contributed by atoms with Gasteiger partial charge in [-0.25, -0.2) is 14.0 Å². The summed E-state index contributed by atoms with van der Waals surface area (Å²) in [5.74, 6) is 0. The van der Waals surface area contributed by atoms with Crippen LogP contribution >= 0.6 is 11.8 Å². The summed E-state index contributed by atoms with van der Waals surface area (Å²) in [6.45, 7) is 0. The molecule has 0 spiro atoms. The van der Waals surface area contributed by atoms with Crippen LogP contribution in [0.1, 0.15) is 0 Å². The zero-order chi connectivity index (χ0) is 15.2. The molecule has 0 saturated heterocycles. The lowest BCUT2D eigenvalue weighted by atomic mass is 10.4. The standard InChI is InChI=1S/C15H17N3O2S/c16-15(19)18-13-11-9-7-5-3-1-2-4-6-8-10-12-14-20-21-17-18/h1-14,17H,(H2,16,19). The fourth-order valence-corrected chi connectivity index (χ4v) is 1.49. The molecule has 1 amide bonds. The van der Waals surface area contributed by atoms with E-state index < -0.39 is 6.03 Å². The molecule has 110 valence electrons. The first-order valence-corrected chi connectivity index (χ1v) is 6.88. The number of nitrogens with zero attached hydrogens (tertiary/aromatic N) is 1. The predicted molar refractivity (Wildman–Crippen MR) is 84.4 cm³/mol. The van der Waals surface area contributed by atoms with Crippen molar-refractivity contribution in [3.63, 3.8) is 0 Å². The van der Waals surface area contributed by atoms with Crippen LogP contribution < -0.4 is 5.73 Å². The van der Waals surface area contributed by atoms with Crippen LogP contribution in [-0.4, -0.2) is 15.2 Å². The molecule has 1 rings (SSSR count). The Hall–Kier alpha value is -2.73. The molecule has 0 saturated carbocycles. The Bertz CT molecular complexity index is 592. The first-order valence-electron chi connectivity index (χ1n) is 6.14. The summed E-state index contributed by atoms with van der Waals surface area (Å²) >= 11 is 0.869. The SMILES string of the molecule is NC(=O)n1ccccccccccccccos[nH]1. The van der Waals surface area contributed by atoms with Crippen LogP contribution in [-0.2, 0) is 0 Å². The van der Waals surface area contributed by atoms with Crippen LogP contribution in [0.2, 0.25) is 0 Å². The minimum Gasteiger partial charge on any atom is -0.394 e. The van der Waals surface area contributed by atoms with Crippen LogP contribution in [0.5, 0.6) is 0 Å². The van der Waals surface area contributed by atoms with Crippen LogP contribution in [0.4, 0.5) is 4.79 Å². The fourth-order valence-electron chi connectivity index (χ4n) is 1.09. The van der Waals surface area contributed by atoms with Crippen LogP contribution in [0.25, 0.3) is 0 Å². The van der Waals surface area contributed by atoms with E-state index >= 15 is 0 Å². The number of hydrogen-bond acceptors (Lipinski definition) is 3. The largest absolute Gasteiger partial charge is 0.394 e. The number of primary amides is 1. The molecule has 0 atom stereocenters. The van der Waals surface area contributed by atoms with Gasteiger partial charge in [0.05, 0.1) is 0 Å². The quantitative estimate of drug-likeness (QED) is 0.762. The van der Waals surface area contributed by atoms with E-state index in [0.29, 0.717) is 0 Å². The van der Waals surface area contributed by atoms with Gasteiger partial charge in [0, 0.05) is 6.20 Å². The first-order chi connectivity index (χ1) is 10.3. The Morgan fingerprint density at radius 3 is 1.86 bits per heavy atom. The molecule has 0 fully saturated rings. The molecule has 3 N–H and O–H groups in total. The van der Waals surface area contributed by atoms with Gasteiger partial charge in [-0.3, -0.25) is 0 Å². The minimum absolute atomic E-state index is 0.641. The Balaban J connectivity index is 3.24. The number of carbonyl (C=O) groups is 1. The summed E-state index contributed by atoms with van der Waals surface area (Å²) < 4.78 is 8.83. The average Bonchev–Trinajstić information content (AvgIpc) is 2.47. The average molecular weight is 303 g/mol. The van der Waals surface area contributed by atoms with Gasteiger partial charge < -0.3 is 9.58 Å². The highest BCUT2D eigenvalue weighted by Gasteiger charge is 1.88. The lowest BCUT2D eigenvalue weighted by Gasteiger charge is -1.93. The summed E-state index contributed by atoms with van der Waals surface area (Å²) in [7, 11) is 0. The molecule has 1 aromatic heterocycles. The highest BCUT2D eigenvalue weighted by Crippen LogP contribution is 1.84. The van der Waals surface area contributed by atoms with E-state index in [-0.39, 0.29) is 0 Å². The number of nitrogens with two attached hydrogens (primary N) is 1. The zero-order valence-electron chi connectivity index (χ0n) is 11.3. The molecule has 6 heteroatoms. The van der Waals surface area contributed by atoms with Crippen LogP contribution in [0, 0.1) is 0 Å². The number of carbonyl (C=O) groups excluding carboxylic acids is 1. The number of nitrogens with one attached hydrogen (secondary N) is 1. The van der Waals surface area contributed by atoms with Crippen LogP contribution in [0.15, 0.2) is 89.1 Å². The lowest BCUT2D eigenvalue weighted by Crippen LogP contribution is -2.20. The summed E-state index contributed by atoms with van der Waals surface area (Å²) in [4.78, 5) is 11.2. The maximum atomic E-state index is 11.2. The van der Waals surface area contributed by atoms with E-state index in [2.05, 4.69) is 4.49 Å². The summed E-state index contributed by atoms with van der Waals surface area (Å²) in [5.41, 5.74) is 5.21. The van der Waals surface area contributed by atoms with Gasteiger partial charge in [-0.05, 0) is 12.1 Å². The van der Waals surface area contributed by atoms with Crippen molar-refractivity contribution >= 4 is 17.9 Å². The number of rotatable bonds is 0. The van der Waals surface area contributed by atoms with Crippen molar-refractivity contribution in [3.05, 3.63) is 85.3 Å². The molecule has 1 heterocycles. The molecule has 0 aliphatic rings. The van der Waals surface area contributed by atoms with Gasteiger partial charge in [0.2, 0.25) is 0 Å². The second-order valence-electron chi connectivity index (χ2n) is 3.57. The van der Waals surface area contributed by atoms with E-state index in [1.807, 2.05) is 54.6 Å². The van der Waals surface area contributed by atoms with Gasteiger partial charge in [0.25, 0.3) is 0 Å². The number of aromatic nitrogens is 2. The summed E-state index contributed by atoms with van der Waals surface area (Å²) in [5, 5.41) is 0. The molecule has 1 aromatic rings. The van der Waals surface area contributed by atoms with Gasteiger partial charge in [-0.15, -0.1) is 0 Å². The van der Waals surface area contributed by atoms with Gasteiger partial charge in [0.1, 0.15) is 18.1 Å². The van der Waals surface area contributed by atoms with Gasteiger partial charge >= 0.3 is 6.03 Å². The number of H-pyrrole nitrogens is 1. The fraction of sp³-hybridized carbons (Fsp3) is 0. The molecule has 0 aromatic carbocycles. The third-order valence-electron chi connectivity index (χ3n) is 2.01. The highest BCUT2D eigenvalue weighted by atomic mass is 32.1. The molecule has 21 heavy (non-hydrogen) atoms. The topological polar surface area (TPSA) is 77.0 Å². The third-order valence-corrected chi connectivity index (χ3v) is 2.49. The van der Waals surface area contributed by atoms with E-state index in [0.717, 1.165) is 16.5 Å². The molecule has 0 unspecified atom stereocenters. The number of aromatic amines is 1. The number of hydrogen-bond donors (Lipinski definition) is 2. The van der Waals surface area contributed by atoms with Crippen molar-refractivity contribution in [1.82, 2.24) is 9.17 Å². The van der Waals surface area contributed by atoms with Crippen molar-refractivity contribution in [3.8, 4) is 0 Å². The molecule has 0 bridgehead atoms. The van der Waals surface area contributed by atoms with Gasteiger partial charge in [-0.2, -0.15) is 0 Å². The Kier molecular flexibility index (Phi) is 8.65. The predicted octanol–water partition coefficient (Wildman–Crippen LogP) is 3.90. The molecular weight excluding hydrogens is 286 g/mol. The van der Waals surface area contributed by atoms with Gasteiger partial charge in [-0.1, -0.05) is 60.7 Å². The van der Waals surface area contributed by atoms with Crippen molar-refractivity contribution < 1.29 is 8.64 Å². The smallest absolute Gasteiger partial charge is 0.338 e. The number of amides is 1. The maximum Gasteiger partial charge on any atom is 0.338 e. The molecule has 0 aliphatic carbocycles. The normalized spacial score (nSPS) is 8.38. The molecule has 5 nitrogen and oxygen atoms in total. The molecule has 0 aliphatic heterocycles. The first kappa shape index (κ1) is 16.3. The van der Waals surface area contributed by atoms with Crippen molar-refractivity contribution in [2.45, 2.75) is 0 Å². The second kappa shape index (κ2) is 11.1. The van der Waals surface area contributed by atoms with Crippen molar-refractivity contribution in [1.29, 1.82) is 0 Å². The molecular formula is C15H17N3O2S. The van der Waals surface area contributed by atoms with E-state index in [4.69, 9.17) is 9.58 Å². The van der Waals surface area contributed by atoms with Crippen molar-refractivity contribution in [2.24, 2.45) is 5.73 Å². The Labute approximate surface area is 127 Å². The van der Waals surface area contributed by atoms with E-state index in [1.165, 1.54) is 12.5 Å². The Morgan fingerprint density at radius 1 is 0.857 bits per heavy atom. The van der Waals surface area contributed by atoms with Gasteiger partial charge in [0.15, 0.2) is 0 Å². The van der Waals surface area contributed by atoms with Crippen molar-refractivity contribution in [2.75, 3.05) is 0 Å². The maximum absolute atomic E-state index is 11.2. The zero-order valence-corrected chi connectivity index (χ0v) is 12.1. The van der Waals surface area contributed by atoms with E-state index in [1.54, 1.807) is 18.2 Å². The molecule has 0 radical (unpaired) electrons. The summed E-state index contributed by atoms with van der Waals surface area (Å²) in [6.07, 6.45) is 2.97. The second-order valence-corrected chi connectivity index (χ2v) is 4.12. The summed E-state index contributed by atoms with van der Waals surface area (Å²) in [6, 6.07) is 21.5. The lowest BCUT2D eigenvalue weighted by molar-refractivity contribution is 0.248. The monoisotopic (exact) mass is 303 g/mol. The third kappa shape index (κ3) is 8.90. The highest BCUT2D eigenvalue weighted by molar-refractivity contribution is 6.95. The van der Waals surface area contributed by atoms with Crippen LogP contribution in [0.3, 0.4) is 0 Å². The van der Waals surface area contributed by atoms with E-state index in [9.17, 15) is 4.79 Å².